The number of aromatic nitrogens is 2. The minimum atomic E-state index is -0.0204. The van der Waals surface area contributed by atoms with Gasteiger partial charge < -0.3 is 5.73 Å². The van der Waals surface area contributed by atoms with Gasteiger partial charge in [-0.25, -0.2) is 0 Å². The van der Waals surface area contributed by atoms with Crippen LogP contribution >= 0.6 is 0 Å². The van der Waals surface area contributed by atoms with Crippen LogP contribution in [-0.2, 0) is 6.54 Å². The van der Waals surface area contributed by atoms with E-state index in [9.17, 15) is 0 Å². The molecule has 108 valence electrons. The molecule has 1 aromatic heterocycles. The molecule has 0 fully saturated rings. The van der Waals surface area contributed by atoms with E-state index in [0.717, 1.165) is 12.2 Å². The highest BCUT2D eigenvalue weighted by Crippen LogP contribution is 2.24. The first-order valence-corrected chi connectivity index (χ1v) is 7.15. The molecule has 0 spiro atoms. The summed E-state index contributed by atoms with van der Waals surface area (Å²) in [5.74, 6) is 0. The number of hydrogen-bond donors (Lipinski definition) is 1. The normalized spacial score (nSPS) is 12.8. The maximum absolute atomic E-state index is 6.45. The van der Waals surface area contributed by atoms with Crippen LogP contribution < -0.4 is 5.73 Å². The Labute approximate surface area is 121 Å². The fourth-order valence-corrected chi connectivity index (χ4v) is 3.02. The third-order valence-corrected chi connectivity index (χ3v) is 4.22. The molecule has 0 aliphatic carbocycles. The second kappa shape index (κ2) is 5.41. The van der Waals surface area contributed by atoms with Crippen molar-refractivity contribution >= 4 is 0 Å². The van der Waals surface area contributed by atoms with Gasteiger partial charge in [0.15, 0.2) is 0 Å². The molecule has 3 heteroatoms. The van der Waals surface area contributed by atoms with E-state index in [2.05, 4.69) is 51.9 Å². The van der Waals surface area contributed by atoms with E-state index in [1.54, 1.807) is 0 Å². The number of aryl methyl sites for hydroxylation is 4. The quantitative estimate of drug-likeness (QED) is 0.929. The predicted octanol–water partition coefficient (Wildman–Crippen LogP) is 3.43. The average molecular weight is 271 g/mol. The van der Waals surface area contributed by atoms with Crippen LogP contribution in [0.4, 0.5) is 0 Å². The molecular weight excluding hydrogens is 246 g/mol. The first kappa shape index (κ1) is 14.8. The molecule has 0 saturated carbocycles. The van der Waals surface area contributed by atoms with E-state index in [0.29, 0.717) is 0 Å². The summed E-state index contributed by atoms with van der Waals surface area (Å²) in [5, 5.41) is 4.59. The Balaban J connectivity index is 2.33. The number of rotatable bonds is 3. The third kappa shape index (κ3) is 2.63. The fraction of sp³-hybridized carbons (Fsp3) is 0.471. The van der Waals surface area contributed by atoms with Crippen LogP contribution in [0.2, 0.25) is 0 Å². The molecule has 0 amide bonds. The topological polar surface area (TPSA) is 43.8 Å². The minimum absolute atomic E-state index is 0.0204. The van der Waals surface area contributed by atoms with Crippen molar-refractivity contribution in [1.82, 2.24) is 9.78 Å². The van der Waals surface area contributed by atoms with Gasteiger partial charge in [0.25, 0.3) is 0 Å². The van der Waals surface area contributed by atoms with E-state index in [-0.39, 0.29) is 6.04 Å². The Morgan fingerprint density at radius 3 is 2.05 bits per heavy atom. The molecule has 0 bridgehead atoms. The summed E-state index contributed by atoms with van der Waals surface area (Å²) in [6.45, 7) is 13.4. The average Bonchev–Trinajstić information content (AvgIpc) is 2.55. The van der Waals surface area contributed by atoms with Gasteiger partial charge >= 0.3 is 0 Å². The van der Waals surface area contributed by atoms with Crippen molar-refractivity contribution < 1.29 is 0 Å². The molecule has 1 unspecified atom stereocenters. The lowest BCUT2D eigenvalue weighted by Crippen LogP contribution is -2.21. The molecule has 1 atom stereocenters. The van der Waals surface area contributed by atoms with Crippen molar-refractivity contribution in [3.05, 3.63) is 51.3 Å². The van der Waals surface area contributed by atoms with Crippen molar-refractivity contribution in [3.8, 4) is 0 Å². The lowest BCUT2D eigenvalue weighted by Gasteiger charge is -2.19. The Morgan fingerprint density at radius 2 is 1.60 bits per heavy atom. The van der Waals surface area contributed by atoms with Crippen molar-refractivity contribution in [2.45, 2.75) is 54.1 Å². The number of hydrogen-bond acceptors (Lipinski definition) is 2. The van der Waals surface area contributed by atoms with Crippen LogP contribution in [0.15, 0.2) is 12.1 Å². The fourth-order valence-electron chi connectivity index (χ4n) is 3.02. The maximum Gasteiger partial charge on any atom is 0.0625 e. The molecule has 0 radical (unpaired) electrons. The van der Waals surface area contributed by atoms with Crippen molar-refractivity contribution in [3.63, 3.8) is 0 Å². The highest BCUT2D eigenvalue weighted by Gasteiger charge is 2.16. The van der Waals surface area contributed by atoms with Crippen molar-refractivity contribution in [1.29, 1.82) is 0 Å². The van der Waals surface area contributed by atoms with E-state index >= 15 is 0 Å². The Morgan fingerprint density at radius 1 is 1.05 bits per heavy atom. The van der Waals surface area contributed by atoms with Gasteiger partial charge in [-0.3, -0.25) is 4.68 Å². The van der Waals surface area contributed by atoms with Crippen LogP contribution in [0.3, 0.4) is 0 Å². The molecule has 3 nitrogen and oxygen atoms in total. The first-order chi connectivity index (χ1) is 9.31. The molecule has 2 N–H and O–H groups in total. The molecule has 2 aromatic rings. The zero-order valence-electron chi connectivity index (χ0n) is 13.4. The summed E-state index contributed by atoms with van der Waals surface area (Å²) in [5.41, 5.74) is 15.1. The largest absolute Gasteiger partial charge is 0.322 e. The van der Waals surface area contributed by atoms with Crippen LogP contribution in [0.5, 0.6) is 0 Å². The van der Waals surface area contributed by atoms with Gasteiger partial charge in [0.1, 0.15) is 0 Å². The van der Waals surface area contributed by atoms with Crippen molar-refractivity contribution in [2.75, 3.05) is 0 Å². The second-order valence-corrected chi connectivity index (χ2v) is 5.90. The van der Waals surface area contributed by atoms with Gasteiger partial charge in [-0.2, -0.15) is 5.10 Å². The van der Waals surface area contributed by atoms with E-state index in [4.69, 9.17) is 5.73 Å². The molecule has 0 saturated heterocycles. The van der Waals surface area contributed by atoms with Crippen LogP contribution in [0.1, 0.15) is 45.2 Å². The lowest BCUT2D eigenvalue weighted by atomic mass is 9.94. The summed E-state index contributed by atoms with van der Waals surface area (Å²) in [6.07, 6.45) is 0. The Hall–Kier alpha value is -1.61. The van der Waals surface area contributed by atoms with Crippen LogP contribution in [0, 0.1) is 41.5 Å². The van der Waals surface area contributed by atoms with Gasteiger partial charge in [0.2, 0.25) is 0 Å². The maximum atomic E-state index is 6.45. The number of nitrogens with two attached hydrogens (primary N) is 1. The molecule has 0 aliphatic rings. The number of nitrogens with zero attached hydrogens (tertiary/aromatic N) is 2. The standard InChI is InChI=1S/C17H25N3/c1-10-7-11(2)17(12(3)8-10)16(18)9-20-15(6)13(4)14(5)19-20/h7-8,16H,9,18H2,1-6H3. The monoisotopic (exact) mass is 271 g/mol. The smallest absolute Gasteiger partial charge is 0.0625 e. The van der Waals surface area contributed by atoms with Crippen molar-refractivity contribution in [2.24, 2.45) is 5.73 Å². The molecule has 1 aromatic carbocycles. The zero-order valence-corrected chi connectivity index (χ0v) is 13.4. The van der Waals surface area contributed by atoms with Gasteiger partial charge in [0, 0.05) is 11.7 Å². The molecule has 20 heavy (non-hydrogen) atoms. The number of benzene rings is 1. The van der Waals surface area contributed by atoms with Gasteiger partial charge in [0.05, 0.1) is 12.2 Å². The summed E-state index contributed by atoms with van der Waals surface area (Å²) in [6, 6.07) is 4.39. The van der Waals surface area contributed by atoms with Gasteiger partial charge in [-0.1, -0.05) is 17.7 Å². The van der Waals surface area contributed by atoms with E-state index in [1.165, 1.54) is 33.5 Å². The van der Waals surface area contributed by atoms with Gasteiger partial charge in [-0.05, 0) is 63.8 Å². The van der Waals surface area contributed by atoms with E-state index < -0.39 is 0 Å². The minimum Gasteiger partial charge on any atom is -0.322 e. The summed E-state index contributed by atoms with van der Waals surface area (Å²) >= 11 is 0. The third-order valence-electron chi connectivity index (χ3n) is 4.22. The summed E-state index contributed by atoms with van der Waals surface area (Å²) in [4.78, 5) is 0. The predicted molar refractivity (Wildman–Crippen MR) is 84.0 cm³/mol. The Kier molecular flexibility index (Phi) is 4.00. The Bertz CT molecular complexity index is 615. The van der Waals surface area contributed by atoms with E-state index in [1.807, 2.05) is 11.6 Å². The molecule has 0 aliphatic heterocycles. The highest BCUT2D eigenvalue weighted by atomic mass is 15.3. The highest BCUT2D eigenvalue weighted by molar-refractivity contribution is 5.39. The zero-order chi connectivity index (χ0) is 15.0. The molecular formula is C17H25N3. The first-order valence-electron chi connectivity index (χ1n) is 7.15. The summed E-state index contributed by atoms with van der Waals surface area (Å²) < 4.78 is 2.04. The second-order valence-electron chi connectivity index (χ2n) is 5.90. The van der Waals surface area contributed by atoms with Crippen LogP contribution in [-0.4, -0.2) is 9.78 Å². The molecule has 1 heterocycles. The van der Waals surface area contributed by atoms with Gasteiger partial charge in [-0.15, -0.1) is 0 Å². The molecule has 2 rings (SSSR count). The lowest BCUT2D eigenvalue weighted by molar-refractivity contribution is 0.511. The SMILES string of the molecule is Cc1cc(C)c(C(N)Cn2nc(C)c(C)c2C)c(C)c1. The summed E-state index contributed by atoms with van der Waals surface area (Å²) in [7, 11) is 0. The van der Waals surface area contributed by atoms with Crippen LogP contribution in [0.25, 0.3) is 0 Å².